The summed E-state index contributed by atoms with van der Waals surface area (Å²) in [5.41, 5.74) is 0. The van der Waals surface area contributed by atoms with Crippen molar-refractivity contribution in [3.05, 3.63) is 0 Å². The molecule has 1 unspecified atom stereocenters. The topological polar surface area (TPSA) is 59.9 Å². The normalized spacial score (nSPS) is 18.8. The van der Waals surface area contributed by atoms with Crippen molar-refractivity contribution in [2.45, 2.75) is 64.8 Å². The molecule has 2 fully saturated rings. The number of aliphatic hydroxyl groups is 1. The van der Waals surface area contributed by atoms with Crippen molar-refractivity contribution in [3.63, 3.8) is 0 Å². The third-order valence-electron chi connectivity index (χ3n) is 5.03. The molecule has 0 amide bonds. The van der Waals surface area contributed by atoms with Gasteiger partial charge >= 0.3 is 0 Å². The number of nitrogens with one attached hydrogen (secondary N) is 2. The largest absolute Gasteiger partial charge is 0.396 e. The summed E-state index contributed by atoms with van der Waals surface area (Å²) in [4.78, 5) is 7.43. The lowest BCUT2D eigenvalue weighted by Gasteiger charge is -2.22. The quantitative estimate of drug-likeness (QED) is 0.222. The summed E-state index contributed by atoms with van der Waals surface area (Å²) in [5.74, 6) is 2.40. The predicted octanol–water partition coefficient (Wildman–Crippen LogP) is 2.83. The van der Waals surface area contributed by atoms with Crippen LogP contribution in [-0.4, -0.2) is 61.3 Å². The summed E-state index contributed by atoms with van der Waals surface area (Å²) in [5, 5.41) is 16.0. The fraction of sp³-hybridized carbons (Fsp3) is 0.947. The molecule has 148 valence electrons. The molecule has 1 atom stereocenters. The van der Waals surface area contributed by atoms with Crippen molar-refractivity contribution in [1.29, 1.82) is 0 Å². The number of halogens is 1. The molecule has 0 radical (unpaired) electrons. The van der Waals surface area contributed by atoms with E-state index >= 15 is 0 Å². The molecule has 0 saturated heterocycles. The lowest BCUT2D eigenvalue weighted by atomic mass is 10.0. The van der Waals surface area contributed by atoms with Gasteiger partial charge in [0.1, 0.15) is 0 Å². The minimum Gasteiger partial charge on any atom is -0.396 e. The lowest BCUT2D eigenvalue weighted by Crippen LogP contribution is -2.42. The first-order valence-corrected chi connectivity index (χ1v) is 10.1. The van der Waals surface area contributed by atoms with E-state index < -0.39 is 0 Å². The zero-order chi connectivity index (χ0) is 17.2. The van der Waals surface area contributed by atoms with Gasteiger partial charge in [-0.05, 0) is 57.3 Å². The molecule has 2 saturated carbocycles. The third kappa shape index (κ3) is 9.99. The second-order valence-corrected chi connectivity index (χ2v) is 7.48. The van der Waals surface area contributed by atoms with Crippen molar-refractivity contribution >= 4 is 29.9 Å². The van der Waals surface area contributed by atoms with E-state index in [2.05, 4.69) is 29.4 Å². The monoisotopic (exact) mass is 466 g/mol. The highest BCUT2D eigenvalue weighted by molar-refractivity contribution is 14.0. The Morgan fingerprint density at radius 3 is 2.48 bits per heavy atom. The van der Waals surface area contributed by atoms with Crippen molar-refractivity contribution in [1.82, 2.24) is 15.5 Å². The highest BCUT2D eigenvalue weighted by Gasteiger charge is 2.33. The Kier molecular flexibility index (Phi) is 12.1. The van der Waals surface area contributed by atoms with Crippen LogP contribution < -0.4 is 10.6 Å². The molecular formula is C19H39IN4O. The van der Waals surface area contributed by atoms with Crippen LogP contribution >= 0.6 is 24.0 Å². The minimum absolute atomic E-state index is 0. The molecule has 0 aliphatic heterocycles. The molecule has 6 heteroatoms. The van der Waals surface area contributed by atoms with Crippen molar-refractivity contribution in [3.8, 4) is 0 Å². The molecule has 0 aromatic rings. The van der Waals surface area contributed by atoms with E-state index in [0.717, 1.165) is 63.4 Å². The Balaban J connectivity index is 0.00000312. The van der Waals surface area contributed by atoms with Crippen LogP contribution in [0.5, 0.6) is 0 Å². The summed E-state index contributed by atoms with van der Waals surface area (Å²) in [6, 6.07) is 0.852. The molecule has 2 aliphatic rings. The second kappa shape index (κ2) is 13.1. The average Bonchev–Trinajstić information content (AvgIpc) is 3.45. The summed E-state index contributed by atoms with van der Waals surface area (Å²) < 4.78 is 0. The van der Waals surface area contributed by atoms with Crippen LogP contribution in [0.1, 0.15) is 58.8 Å². The predicted molar refractivity (Wildman–Crippen MR) is 117 cm³/mol. The van der Waals surface area contributed by atoms with Gasteiger partial charge in [0.05, 0.1) is 0 Å². The first kappa shape index (κ1) is 23.0. The van der Waals surface area contributed by atoms with Gasteiger partial charge < -0.3 is 15.7 Å². The van der Waals surface area contributed by atoms with Gasteiger partial charge in [-0.25, -0.2) is 0 Å². The van der Waals surface area contributed by atoms with Gasteiger partial charge in [-0.1, -0.05) is 13.3 Å². The van der Waals surface area contributed by atoms with Crippen LogP contribution in [-0.2, 0) is 0 Å². The number of hydrogen-bond acceptors (Lipinski definition) is 3. The molecule has 5 nitrogen and oxygen atoms in total. The fourth-order valence-electron chi connectivity index (χ4n) is 3.29. The van der Waals surface area contributed by atoms with Crippen LogP contribution in [0.25, 0.3) is 0 Å². The second-order valence-electron chi connectivity index (χ2n) is 7.48. The minimum atomic E-state index is 0. The summed E-state index contributed by atoms with van der Waals surface area (Å²) in [6.45, 7) is 9.66. The van der Waals surface area contributed by atoms with E-state index in [9.17, 15) is 5.11 Å². The molecule has 3 N–H and O–H groups in total. The standard InChI is InChI=1S/C19H38N4O.HI/c1-3-5-16(10-13-24)14-22-19(20-4-2)21-11-12-23(18-8-9-18)15-17-6-7-17;/h16-18,24H,3-15H2,1-2H3,(H2,20,21,22);1H. The van der Waals surface area contributed by atoms with E-state index in [1.165, 1.54) is 32.2 Å². The molecule has 0 aromatic heterocycles. The number of aliphatic imine (C=N–C) groups is 1. The van der Waals surface area contributed by atoms with Crippen LogP contribution in [0, 0.1) is 11.8 Å². The maximum absolute atomic E-state index is 9.18. The molecule has 25 heavy (non-hydrogen) atoms. The van der Waals surface area contributed by atoms with Crippen LogP contribution in [0.4, 0.5) is 0 Å². The smallest absolute Gasteiger partial charge is 0.191 e. The lowest BCUT2D eigenvalue weighted by molar-refractivity contribution is 0.253. The van der Waals surface area contributed by atoms with Crippen molar-refractivity contribution < 1.29 is 5.11 Å². The molecule has 0 heterocycles. The fourth-order valence-corrected chi connectivity index (χ4v) is 3.29. The highest BCUT2D eigenvalue weighted by Crippen LogP contribution is 2.34. The number of rotatable bonds is 13. The first-order chi connectivity index (χ1) is 11.8. The number of guanidine groups is 1. The van der Waals surface area contributed by atoms with Gasteiger partial charge in [0.15, 0.2) is 5.96 Å². The van der Waals surface area contributed by atoms with E-state index in [1.807, 2.05) is 0 Å². The Morgan fingerprint density at radius 2 is 1.92 bits per heavy atom. The molecule has 0 aromatic carbocycles. The molecule has 0 bridgehead atoms. The van der Waals surface area contributed by atoms with Gasteiger partial charge in [-0.3, -0.25) is 9.89 Å². The van der Waals surface area contributed by atoms with Crippen molar-refractivity contribution in [2.75, 3.05) is 39.3 Å². The Morgan fingerprint density at radius 1 is 1.16 bits per heavy atom. The van der Waals surface area contributed by atoms with Gasteiger partial charge in [0, 0.05) is 45.4 Å². The number of aliphatic hydroxyl groups excluding tert-OH is 1. The first-order valence-electron chi connectivity index (χ1n) is 10.1. The number of hydrogen-bond donors (Lipinski definition) is 3. The molecule has 2 rings (SSSR count). The maximum atomic E-state index is 9.18. The maximum Gasteiger partial charge on any atom is 0.191 e. The summed E-state index contributed by atoms with van der Waals surface area (Å²) in [7, 11) is 0. The molecular weight excluding hydrogens is 427 g/mol. The Hall–Kier alpha value is -0.0800. The average molecular weight is 466 g/mol. The molecule has 0 spiro atoms. The van der Waals surface area contributed by atoms with Gasteiger partial charge in [0.2, 0.25) is 0 Å². The van der Waals surface area contributed by atoms with Gasteiger partial charge in [0.25, 0.3) is 0 Å². The van der Waals surface area contributed by atoms with Crippen LogP contribution in [0.15, 0.2) is 4.99 Å². The summed E-state index contributed by atoms with van der Waals surface area (Å²) in [6.07, 6.45) is 8.80. The van der Waals surface area contributed by atoms with Crippen LogP contribution in [0.3, 0.4) is 0 Å². The van der Waals surface area contributed by atoms with Gasteiger partial charge in [-0.15, -0.1) is 24.0 Å². The van der Waals surface area contributed by atoms with E-state index in [-0.39, 0.29) is 30.6 Å². The Labute approximate surface area is 171 Å². The van der Waals surface area contributed by atoms with Crippen LogP contribution in [0.2, 0.25) is 0 Å². The zero-order valence-electron chi connectivity index (χ0n) is 16.2. The summed E-state index contributed by atoms with van der Waals surface area (Å²) >= 11 is 0. The van der Waals surface area contributed by atoms with E-state index in [1.54, 1.807) is 0 Å². The SMILES string of the molecule is CCCC(CCO)CN=C(NCC)NCCN(CC1CC1)C1CC1.I. The zero-order valence-corrected chi connectivity index (χ0v) is 18.5. The molecule has 2 aliphatic carbocycles. The van der Waals surface area contributed by atoms with Gasteiger partial charge in [-0.2, -0.15) is 0 Å². The third-order valence-corrected chi connectivity index (χ3v) is 5.03. The highest BCUT2D eigenvalue weighted by atomic mass is 127. The van der Waals surface area contributed by atoms with E-state index in [4.69, 9.17) is 4.99 Å². The number of nitrogens with zero attached hydrogens (tertiary/aromatic N) is 2. The van der Waals surface area contributed by atoms with E-state index in [0.29, 0.717) is 5.92 Å². The Bertz CT molecular complexity index is 366. The van der Waals surface area contributed by atoms with Crippen molar-refractivity contribution in [2.24, 2.45) is 16.8 Å².